The zero-order chi connectivity index (χ0) is 13.5. The Bertz CT molecular complexity index is 396. The van der Waals surface area contributed by atoms with Crippen LogP contribution in [-0.4, -0.2) is 30.4 Å². The number of amides is 1. The van der Waals surface area contributed by atoms with Crippen LogP contribution in [0.25, 0.3) is 0 Å². The average molecular weight is 261 g/mol. The summed E-state index contributed by atoms with van der Waals surface area (Å²) in [5, 5.41) is 2.96. The number of carbonyl (C=O) groups is 1. The van der Waals surface area contributed by atoms with Gasteiger partial charge in [0.2, 0.25) is 5.91 Å². The van der Waals surface area contributed by atoms with Gasteiger partial charge in [0, 0.05) is 26.1 Å². The standard InChI is InChI=1S/C15H23N3O/c16-11-13-3-5-14(6-4-13)12-17-15(19)7-10-18-8-1-2-9-18/h3-6H,1-2,7-12,16H2,(H,17,19). The van der Waals surface area contributed by atoms with Crippen molar-refractivity contribution in [3.05, 3.63) is 35.4 Å². The third-order valence-corrected chi connectivity index (χ3v) is 3.60. The molecule has 0 spiro atoms. The minimum absolute atomic E-state index is 0.134. The van der Waals surface area contributed by atoms with Gasteiger partial charge >= 0.3 is 0 Å². The number of rotatable bonds is 6. The summed E-state index contributed by atoms with van der Waals surface area (Å²) in [6.07, 6.45) is 3.14. The van der Waals surface area contributed by atoms with Crippen LogP contribution in [0.4, 0.5) is 0 Å². The summed E-state index contributed by atoms with van der Waals surface area (Å²) in [7, 11) is 0. The van der Waals surface area contributed by atoms with Crippen LogP contribution in [0.3, 0.4) is 0 Å². The van der Waals surface area contributed by atoms with Crippen LogP contribution in [0.5, 0.6) is 0 Å². The highest BCUT2D eigenvalue weighted by Crippen LogP contribution is 2.07. The van der Waals surface area contributed by atoms with Gasteiger partial charge in [-0.2, -0.15) is 0 Å². The van der Waals surface area contributed by atoms with Crippen LogP contribution < -0.4 is 11.1 Å². The van der Waals surface area contributed by atoms with E-state index < -0.39 is 0 Å². The summed E-state index contributed by atoms with van der Waals surface area (Å²) < 4.78 is 0. The lowest BCUT2D eigenvalue weighted by Crippen LogP contribution is -2.29. The molecule has 0 aromatic heterocycles. The third kappa shape index (κ3) is 4.65. The maximum Gasteiger partial charge on any atom is 0.221 e. The van der Waals surface area contributed by atoms with Crippen LogP contribution in [0.15, 0.2) is 24.3 Å². The van der Waals surface area contributed by atoms with Gasteiger partial charge in [-0.1, -0.05) is 24.3 Å². The van der Waals surface area contributed by atoms with Crippen molar-refractivity contribution < 1.29 is 4.79 Å². The van der Waals surface area contributed by atoms with Crippen molar-refractivity contribution in [2.24, 2.45) is 5.73 Å². The minimum atomic E-state index is 0.134. The molecule has 0 atom stereocenters. The SMILES string of the molecule is NCc1ccc(CNC(=O)CCN2CCCC2)cc1. The van der Waals surface area contributed by atoms with Crippen molar-refractivity contribution in [3.63, 3.8) is 0 Å². The number of hydrogen-bond donors (Lipinski definition) is 2. The van der Waals surface area contributed by atoms with Gasteiger partial charge in [-0.25, -0.2) is 0 Å². The smallest absolute Gasteiger partial charge is 0.221 e. The number of nitrogens with zero attached hydrogens (tertiary/aromatic N) is 1. The van der Waals surface area contributed by atoms with Crippen molar-refractivity contribution >= 4 is 5.91 Å². The Kier molecular flexibility index (Phi) is 5.36. The Hall–Kier alpha value is -1.39. The van der Waals surface area contributed by atoms with E-state index in [1.165, 1.54) is 12.8 Å². The molecule has 0 bridgehead atoms. The summed E-state index contributed by atoms with van der Waals surface area (Å²) in [5.41, 5.74) is 7.78. The highest BCUT2D eigenvalue weighted by Gasteiger charge is 2.12. The van der Waals surface area contributed by atoms with E-state index in [9.17, 15) is 4.79 Å². The Morgan fingerprint density at radius 2 is 1.79 bits per heavy atom. The van der Waals surface area contributed by atoms with Crippen LogP contribution in [0, 0.1) is 0 Å². The number of likely N-dealkylation sites (tertiary alicyclic amines) is 1. The Morgan fingerprint density at radius 3 is 2.42 bits per heavy atom. The minimum Gasteiger partial charge on any atom is -0.352 e. The molecule has 1 aliphatic heterocycles. The van der Waals surface area contributed by atoms with Crippen molar-refractivity contribution in [2.45, 2.75) is 32.4 Å². The summed E-state index contributed by atoms with van der Waals surface area (Å²) in [5.74, 6) is 0.134. The molecule has 104 valence electrons. The number of carbonyl (C=O) groups excluding carboxylic acids is 1. The van der Waals surface area contributed by atoms with Gasteiger partial charge in [0.05, 0.1) is 0 Å². The number of nitrogens with two attached hydrogens (primary N) is 1. The zero-order valence-electron chi connectivity index (χ0n) is 11.4. The van der Waals surface area contributed by atoms with E-state index in [1.807, 2.05) is 24.3 Å². The van der Waals surface area contributed by atoms with Crippen LogP contribution in [0.1, 0.15) is 30.4 Å². The first-order valence-electron chi connectivity index (χ1n) is 7.05. The maximum absolute atomic E-state index is 11.7. The van der Waals surface area contributed by atoms with Crippen LogP contribution in [0.2, 0.25) is 0 Å². The highest BCUT2D eigenvalue weighted by molar-refractivity contribution is 5.76. The maximum atomic E-state index is 11.7. The molecular formula is C15H23N3O. The topological polar surface area (TPSA) is 58.4 Å². The predicted octanol–water partition coefficient (Wildman–Crippen LogP) is 1.25. The van der Waals surface area contributed by atoms with Gasteiger partial charge in [0.25, 0.3) is 0 Å². The molecule has 2 rings (SSSR count). The zero-order valence-corrected chi connectivity index (χ0v) is 11.4. The lowest BCUT2D eigenvalue weighted by atomic mass is 10.1. The van der Waals surface area contributed by atoms with Gasteiger partial charge in [-0.05, 0) is 37.1 Å². The van der Waals surface area contributed by atoms with Crippen LogP contribution >= 0.6 is 0 Å². The molecule has 3 N–H and O–H groups in total. The molecule has 0 saturated carbocycles. The normalized spacial score (nSPS) is 15.6. The van der Waals surface area contributed by atoms with E-state index in [2.05, 4.69) is 10.2 Å². The van der Waals surface area contributed by atoms with Gasteiger partial charge in [-0.3, -0.25) is 4.79 Å². The molecule has 19 heavy (non-hydrogen) atoms. The van der Waals surface area contributed by atoms with Gasteiger partial charge < -0.3 is 16.0 Å². The summed E-state index contributed by atoms with van der Waals surface area (Å²) in [6, 6.07) is 8.04. The first-order chi connectivity index (χ1) is 9.28. The fourth-order valence-electron chi connectivity index (χ4n) is 2.35. The Labute approximate surface area is 115 Å². The molecule has 1 aliphatic rings. The first-order valence-corrected chi connectivity index (χ1v) is 7.05. The summed E-state index contributed by atoms with van der Waals surface area (Å²) in [6.45, 7) is 4.34. The molecule has 1 saturated heterocycles. The van der Waals surface area contributed by atoms with E-state index in [0.29, 0.717) is 19.5 Å². The molecule has 0 aliphatic carbocycles. The monoisotopic (exact) mass is 261 g/mol. The molecule has 4 heteroatoms. The van der Waals surface area contributed by atoms with E-state index >= 15 is 0 Å². The number of nitrogens with one attached hydrogen (secondary N) is 1. The second-order valence-corrected chi connectivity index (χ2v) is 5.10. The second kappa shape index (κ2) is 7.26. The predicted molar refractivity (Wildman–Crippen MR) is 76.5 cm³/mol. The Balaban J connectivity index is 1.67. The van der Waals surface area contributed by atoms with Gasteiger partial charge in [0.15, 0.2) is 0 Å². The lowest BCUT2D eigenvalue weighted by Gasteiger charge is -2.14. The average Bonchev–Trinajstić information content (AvgIpc) is 2.96. The molecule has 1 fully saturated rings. The first kappa shape index (κ1) is 14.0. The molecule has 4 nitrogen and oxygen atoms in total. The van der Waals surface area contributed by atoms with Crippen molar-refractivity contribution in [1.29, 1.82) is 0 Å². The lowest BCUT2D eigenvalue weighted by molar-refractivity contribution is -0.121. The number of hydrogen-bond acceptors (Lipinski definition) is 3. The third-order valence-electron chi connectivity index (χ3n) is 3.60. The summed E-state index contributed by atoms with van der Waals surface area (Å²) in [4.78, 5) is 14.1. The van der Waals surface area contributed by atoms with E-state index in [1.54, 1.807) is 0 Å². The van der Waals surface area contributed by atoms with Gasteiger partial charge in [0.1, 0.15) is 0 Å². The molecule has 1 heterocycles. The highest BCUT2D eigenvalue weighted by atomic mass is 16.1. The molecular weight excluding hydrogens is 238 g/mol. The molecule has 1 amide bonds. The fourth-order valence-corrected chi connectivity index (χ4v) is 2.35. The van der Waals surface area contributed by atoms with Crippen molar-refractivity contribution in [2.75, 3.05) is 19.6 Å². The van der Waals surface area contributed by atoms with Gasteiger partial charge in [-0.15, -0.1) is 0 Å². The second-order valence-electron chi connectivity index (χ2n) is 5.10. The van der Waals surface area contributed by atoms with Crippen LogP contribution in [-0.2, 0) is 17.9 Å². The van der Waals surface area contributed by atoms with Crippen molar-refractivity contribution in [1.82, 2.24) is 10.2 Å². The largest absolute Gasteiger partial charge is 0.352 e. The molecule has 1 aromatic carbocycles. The molecule has 0 radical (unpaired) electrons. The Morgan fingerprint density at radius 1 is 1.16 bits per heavy atom. The number of benzene rings is 1. The molecule has 0 unspecified atom stereocenters. The molecule has 1 aromatic rings. The fraction of sp³-hybridized carbons (Fsp3) is 0.533. The summed E-state index contributed by atoms with van der Waals surface area (Å²) >= 11 is 0. The van der Waals surface area contributed by atoms with E-state index in [-0.39, 0.29) is 5.91 Å². The quantitative estimate of drug-likeness (QED) is 0.810. The van der Waals surface area contributed by atoms with E-state index in [4.69, 9.17) is 5.73 Å². The van der Waals surface area contributed by atoms with E-state index in [0.717, 1.165) is 30.8 Å². The van der Waals surface area contributed by atoms with Crippen molar-refractivity contribution in [3.8, 4) is 0 Å².